The van der Waals surface area contributed by atoms with Gasteiger partial charge in [0.2, 0.25) is 0 Å². The first-order chi connectivity index (χ1) is 12.0. The summed E-state index contributed by atoms with van der Waals surface area (Å²) in [5.41, 5.74) is 5.22. The number of rotatable bonds is 4. The number of nitrogens with one attached hydrogen (secondary N) is 2. The number of fused-ring (bicyclic) bond motifs is 2. The molecule has 1 aromatic carbocycles. The van der Waals surface area contributed by atoms with E-state index in [9.17, 15) is 4.79 Å². The molecule has 4 nitrogen and oxygen atoms in total. The monoisotopic (exact) mass is 337 g/mol. The van der Waals surface area contributed by atoms with E-state index in [0.29, 0.717) is 17.9 Å². The molecule has 2 aliphatic rings. The van der Waals surface area contributed by atoms with Crippen molar-refractivity contribution >= 4 is 16.7 Å². The SMILES string of the molecule is CC(=O)C=C(C)NCC1CC2c3cccc4[nH]cc(c34)C[C@H]2N(C)C1. The van der Waals surface area contributed by atoms with Gasteiger partial charge in [0.25, 0.3) is 0 Å². The van der Waals surface area contributed by atoms with Gasteiger partial charge in [-0.2, -0.15) is 0 Å². The minimum atomic E-state index is 0.102. The third-order valence-electron chi connectivity index (χ3n) is 5.90. The Kier molecular flexibility index (Phi) is 4.16. The zero-order valence-electron chi connectivity index (χ0n) is 15.3. The predicted molar refractivity (Wildman–Crippen MR) is 102 cm³/mol. The van der Waals surface area contributed by atoms with Gasteiger partial charge in [-0.25, -0.2) is 0 Å². The van der Waals surface area contributed by atoms with Crippen molar-refractivity contribution in [3.05, 3.63) is 47.3 Å². The number of piperidine rings is 1. The highest BCUT2D eigenvalue weighted by Gasteiger charge is 2.39. The number of carbonyl (C=O) groups excluding carboxylic acids is 1. The molecule has 1 aliphatic heterocycles. The molecule has 0 spiro atoms. The number of nitrogens with zero attached hydrogens (tertiary/aromatic N) is 1. The summed E-state index contributed by atoms with van der Waals surface area (Å²) < 4.78 is 0. The first-order valence-electron chi connectivity index (χ1n) is 9.24. The minimum absolute atomic E-state index is 0.102. The normalized spacial score (nSPS) is 26.5. The van der Waals surface area contributed by atoms with Crippen molar-refractivity contribution in [2.75, 3.05) is 20.1 Å². The zero-order valence-corrected chi connectivity index (χ0v) is 15.3. The summed E-state index contributed by atoms with van der Waals surface area (Å²) in [7, 11) is 2.26. The number of H-pyrrole nitrogens is 1. The van der Waals surface area contributed by atoms with E-state index in [4.69, 9.17) is 0 Å². The van der Waals surface area contributed by atoms with Crippen LogP contribution in [0.4, 0.5) is 0 Å². The van der Waals surface area contributed by atoms with E-state index in [-0.39, 0.29) is 5.78 Å². The molecule has 1 saturated heterocycles. The van der Waals surface area contributed by atoms with E-state index in [1.54, 1.807) is 13.0 Å². The fraction of sp³-hybridized carbons (Fsp3) is 0.476. The highest BCUT2D eigenvalue weighted by atomic mass is 16.1. The van der Waals surface area contributed by atoms with Crippen molar-refractivity contribution in [2.45, 2.75) is 38.6 Å². The highest BCUT2D eigenvalue weighted by Crippen LogP contribution is 2.44. The summed E-state index contributed by atoms with van der Waals surface area (Å²) in [4.78, 5) is 17.2. The summed E-state index contributed by atoms with van der Waals surface area (Å²) in [6.07, 6.45) is 6.23. The first kappa shape index (κ1) is 16.4. The van der Waals surface area contributed by atoms with Crippen LogP contribution in [0.1, 0.15) is 37.3 Å². The number of hydrogen-bond acceptors (Lipinski definition) is 3. The Morgan fingerprint density at radius 3 is 3.04 bits per heavy atom. The summed E-state index contributed by atoms with van der Waals surface area (Å²) in [6, 6.07) is 7.28. The number of benzene rings is 1. The maximum atomic E-state index is 11.2. The average Bonchev–Trinajstić information content (AvgIpc) is 2.98. The fourth-order valence-corrected chi connectivity index (χ4v) is 4.86. The molecule has 1 fully saturated rings. The smallest absolute Gasteiger partial charge is 0.154 e. The van der Waals surface area contributed by atoms with Crippen LogP contribution in [0.15, 0.2) is 36.2 Å². The van der Waals surface area contributed by atoms with Crippen molar-refractivity contribution < 1.29 is 4.79 Å². The minimum Gasteiger partial charge on any atom is -0.388 e. The summed E-state index contributed by atoms with van der Waals surface area (Å²) in [5.74, 6) is 1.29. The Hall–Kier alpha value is -2.07. The Morgan fingerprint density at radius 2 is 2.24 bits per heavy atom. The quantitative estimate of drug-likeness (QED) is 0.842. The van der Waals surface area contributed by atoms with Crippen LogP contribution in [0.3, 0.4) is 0 Å². The highest BCUT2D eigenvalue weighted by molar-refractivity contribution is 5.88. The molecule has 3 atom stereocenters. The molecule has 1 aromatic heterocycles. The lowest BCUT2D eigenvalue weighted by Gasteiger charge is -2.45. The van der Waals surface area contributed by atoms with Crippen LogP contribution >= 0.6 is 0 Å². The van der Waals surface area contributed by atoms with Crippen LogP contribution in [-0.2, 0) is 11.2 Å². The van der Waals surface area contributed by atoms with Gasteiger partial charge in [0.15, 0.2) is 5.78 Å². The second kappa shape index (κ2) is 6.34. The molecule has 1 aliphatic carbocycles. The van der Waals surface area contributed by atoms with Crippen LogP contribution in [0.2, 0.25) is 0 Å². The van der Waals surface area contributed by atoms with Gasteiger partial charge >= 0.3 is 0 Å². The summed E-state index contributed by atoms with van der Waals surface area (Å²) in [5, 5.41) is 4.90. The van der Waals surface area contributed by atoms with Crippen LogP contribution in [0.5, 0.6) is 0 Å². The molecule has 132 valence electrons. The van der Waals surface area contributed by atoms with Crippen molar-refractivity contribution in [1.82, 2.24) is 15.2 Å². The number of hydrogen-bond donors (Lipinski definition) is 2. The zero-order chi connectivity index (χ0) is 17.6. The Labute approximate surface area is 149 Å². The predicted octanol–water partition coefficient (Wildman–Crippen LogP) is 3.21. The summed E-state index contributed by atoms with van der Waals surface area (Å²) >= 11 is 0. The molecule has 2 N–H and O–H groups in total. The molecule has 2 heterocycles. The molecule has 0 radical (unpaired) electrons. The second-order valence-electron chi connectivity index (χ2n) is 7.82. The Morgan fingerprint density at radius 1 is 1.40 bits per heavy atom. The van der Waals surface area contributed by atoms with E-state index in [1.807, 2.05) is 6.92 Å². The van der Waals surface area contributed by atoms with Gasteiger partial charge in [-0.1, -0.05) is 12.1 Å². The number of aromatic nitrogens is 1. The molecular weight excluding hydrogens is 310 g/mol. The van der Waals surface area contributed by atoms with Gasteiger partial charge in [0.05, 0.1) is 0 Å². The lowest BCUT2D eigenvalue weighted by atomic mass is 9.72. The van der Waals surface area contributed by atoms with Gasteiger partial charge in [-0.3, -0.25) is 4.79 Å². The molecule has 0 saturated carbocycles. The second-order valence-corrected chi connectivity index (χ2v) is 7.82. The van der Waals surface area contributed by atoms with E-state index in [1.165, 1.54) is 28.5 Å². The standard InChI is InChI=1S/C21H27N3O/c1-13(7-14(2)25)22-10-15-8-18-17-5-4-6-19-21(17)16(11-23-19)9-20(18)24(3)12-15/h4-7,11,15,18,20,22-23H,8-10,12H2,1-3H3/t15?,18?,20-/m1/s1. The molecule has 0 bridgehead atoms. The van der Waals surface area contributed by atoms with Crippen molar-refractivity contribution in [2.24, 2.45) is 5.92 Å². The molecule has 4 rings (SSSR count). The van der Waals surface area contributed by atoms with E-state index < -0.39 is 0 Å². The number of likely N-dealkylation sites (tertiary alicyclic amines) is 1. The van der Waals surface area contributed by atoms with Crippen molar-refractivity contribution in [3.63, 3.8) is 0 Å². The lowest BCUT2D eigenvalue weighted by molar-refractivity contribution is -0.112. The average molecular weight is 337 g/mol. The van der Waals surface area contributed by atoms with E-state index in [2.05, 4.69) is 46.6 Å². The Bertz CT molecular complexity index is 835. The van der Waals surface area contributed by atoms with Crippen molar-refractivity contribution in [1.29, 1.82) is 0 Å². The van der Waals surface area contributed by atoms with Crippen LogP contribution in [-0.4, -0.2) is 41.8 Å². The number of likely N-dealkylation sites (N-methyl/N-ethyl adjacent to an activating group) is 1. The third-order valence-corrected chi connectivity index (χ3v) is 5.90. The number of carbonyl (C=O) groups is 1. The van der Waals surface area contributed by atoms with Crippen LogP contribution in [0.25, 0.3) is 10.9 Å². The van der Waals surface area contributed by atoms with Gasteiger partial charge in [0, 0.05) is 47.8 Å². The van der Waals surface area contributed by atoms with E-state index in [0.717, 1.165) is 25.2 Å². The van der Waals surface area contributed by atoms with Gasteiger partial charge in [-0.15, -0.1) is 0 Å². The van der Waals surface area contributed by atoms with E-state index >= 15 is 0 Å². The van der Waals surface area contributed by atoms with Crippen LogP contribution in [0, 0.1) is 5.92 Å². The molecule has 2 unspecified atom stereocenters. The molecule has 0 amide bonds. The fourth-order valence-electron chi connectivity index (χ4n) is 4.86. The van der Waals surface area contributed by atoms with Gasteiger partial charge in [0.1, 0.15) is 0 Å². The Balaban J connectivity index is 1.56. The van der Waals surface area contributed by atoms with Crippen molar-refractivity contribution in [3.8, 4) is 0 Å². The molecule has 4 heteroatoms. The van der Waals surface area contributed by atoms with Crippen LogP contribution < -0.4 is 5.32 Å². The largest absolute Gasteiger partial charge is 0.388 e. The summed E-state index contributed by atoms with van der Waals surface area (Å²) in [6.45, 7) is 5.61. The topological polar surface area (TPSA) is 48.1 Å². The first-order valence-corrected chi connectivity index (χ1v) is 9.24. The molecule has 25 heavy (non-hydrogen) atoms. The maximum Gasteiger partial charge on any atom is 0.154 e. The molecular formula is C21H27N3O. The maximum absolute atomic E-state index is 11.2. The molecule has 2 aromatic rings. The number of allylic oxidation sites excluding steroid dienone is 2. The van der Waals surface area contributed by atoms with Gasteiger partial charge < -0.3 is 15.2 Å². The number of ketones is 1. The van der Waals surface area contributed by atoms with Gasteiger partial charge in [-0.05, 0) is 62.9 Å². The lowest BCUT2D eigenvalue weighted by Crippen LogP contribution is -2.49. The third kappa shape index (κ3) is 2.99. The number of aromatic amines is 1.